The average Bonchev–Trinajstić information content (AvgIpc) is 2.62. The van der Waals surface area contributed by atoms with Gasteiger partial charge in [-0.05, 0) is 24.3 Å². The number of carbonyl (C=O) groups excluding carboxylic acids is 2. The predicted molar refractivity (Wildman–Crippen MR) is 92.7 cm³/mol. The van der Waals surface area contributed by atoms with Crippen molar-refractivity contribution in [3.8, 4) is 18.1 Å². The zero-order valence-corrected chi connectivity index (χ0v) is 13.7. The molecule has 0 aromatic heterocycles. The highest BCUT2D eigenvalue weighted by Gasteiger charge is 2.13. The van der Waals surface area contributed by atoms with E-state index in [0.29, 0.717) is 11.8 Å². The number of ether oxygens (including phenoxy) is 1. The molecule has 7 heteroatoms. The fraction of sp³-hybridized carbons (Fsp3) is 0.158. The highest BCUT2D eigenvalue weighted by atomic mass is 19.1. The molecule has 2 rings (SSSR count). The Bertz CT molecular complexity index is 847. The van der Waals surface area contributed by atoms with Crippen LogP contribution in [0.4, 0.5) is 14.5 Å². The first kappa shape index (κ1) is 18.9. The van der Waals surface area contributed by atoms with Crippen LogP contribution in [0.25, 0.3) is 0 Å². The Morgan fingerprint density at radius 3 is 2.65 bits per heavy atom. The second-order valence-electron chi connectivity index (χ2n) is 5.15. The van der Waals surface area contributed by atoms with E-state index in [0.717, 1.165) is 12.1 Å². The third-order valence-electron chi connectivity index (χ3n) is 3.28. The molecule has 134 valence electrons. The maximum Gasteiger partial charge on any atom is 0.254 e. The van der Waals surface area contributed by atoms with Gasteiger partial charge in [0.15, 0.2) is 11.6 Å². The van der Waals surface area contributed by atoms with E-state index in [1.807, 2.05) is 0 Å². The van der Waals surface area contributed by atoms with Crippen molar-refractivity contribution in [1.29, 1.82) is 0 Å². The maximum atomic E-state index is 13.4. The molecule has 0 aliphatic heterocycles. The van der Waals surface area contributed by atoms with Gasteiger partial charge >= 0.3 is 0 Å². The van der Waals surface area contributed by atoms with Crippen LogP contribution < -0.4 is 15.4 Å². The number of para-hydroxylation sites is 1. The minimum absolute atomic E-state index is 0.0676. The van der Waals surface area contributed by atoms with E-state index in [2.05, 4.69) is 16.6 Å². The number of amides is 2. The Kier molecular flexibility index (Phi) is 6.68. The predicted octanol–water partition coefficient (Wildman–Crippen LogP) is 2.74. The number of hydrogen-bond donors (Lipinski definition) is 2. The molecule has 26 heavy (non-hydrogen) atoms. The molecule has 0 spiro atoms. The van der Waals surface area contributed by atoms with Crippen molar-refractivity contribution in [3.63, 3.8) is 0 Å². The molecule has 2 N–H and O–H groups in total. The first-order valence-electron chi connectivity index (χ1n) is 7.69. The van der Waals surface area contributed by atoms with Gasteiger partial charge < -0.3 is 15.4 Å². The monoisotopic (exact) mass is 358 g/mol. The Labute approximate surface area is 149 Å². The molecule has 0 heterocycles. The zero-order chi connectivity index (χ0) is 18.9. The van der Waals surface area contributed by atoms with Crippen molar-refractivity contribution >= 4 is 17.5 Å². The quantitative estimate of drug-likeness (QED) is 0.748. The molecule has 2 aromatic rings. The van der Waals surface area contributed by atoms with Gasteiger partial charge in [0.1, 0.15) is 5.82 Å². The van der Waals surface area contributed by atoms with Gasteiger partial charge in [-0.15, -0.1) is 6.42 Å². The highest BCUT2D eigenvalue weighted by Crippen LogP contribution is 2.18. The summed E-state index contributed by atoms with van der Waals surface area (Å²) in [5, 5.41) is 5.11. The third-order valence-corrected chi connectivity index (χ3v) is 3.28. The Hall–Kier alpha value is -3.40. The molecular formula is C19H16F2N2O3. The van der Waals surface area contributed by atoms with Gasteiger partial charge in [-0.3, -0.25) is 9.59 Å². The summed E-state index contributed by atoms with van der Waals surface area (Å²) in [5.41, 5.74) is 0.585. The minimum atomic E-state index is -0.846. The van der Waals surface area contributed by atoms with Crippen LogP contribution in [0.15, 0.2) is 42.5 Å². The first-order valence-corrected chi connectivity index (χ1v) is 7.69. The van der Waals surface area contributed by atoms with Crippen LogP contribution in [-0.2, 0) is 4.79 Å². The minimum Gasteiger partial charge on any atom is -0.490 e. The lowest BCUT2D eigenvalue weighted by Crippen LogP contribution is -2.25. The van der Waals surface area contributed by atoms with Crippen molar-refractivity contribution < 1.29 is 23.1 Å². The number of terminal acetylenes is 1. The summed E-state index contributed by atoms with van der Waals surface area (Å²) in [6.07, 6.45) is 5.01. The molecule has 2 aromatic carbocycles. The molecule has 0 aliphatic rings. The summed E-state index contributed by atoms with van der Waals surface area (Å²) in [6.45, 7) is -0.0436. The SMILES string of the molecule is C#CCNC(=O)c1ccccc1NC(=O)CCOc1ccc(F)cc1F. The number of hydrogen-bond acceptors (Lipinski definition) is 3. The van der Waals surface area contributed by atoms with Gasteiger partial charge in [-0.1, -0.05) is 18.1 Å². The second kappa shape index (κ2) is 9.18. The van der Waals surface area contributed by atoms with E-state index in [-0.39, 0.29) is 30.9 Å². The number of benzene rings is 2. The number of carbonyl (C=O) groups is 2. The van der Waals surface area contributed by atoms with Crippen molar-refractivity contribution in [3.05, 3.63) is 59.7 Å². The Morgan fingerprint density at radius 2 is 1.92 bits per heavy atom. The van der Waals surface area contributed by atoms with Crippen LogP contribution in [0.3, 0.4) is 0 Å². The van der Waals surface area contributed by atoms with Gasteiger partial charge in [0.05, 0.1) is 30.8 Å². The zero-order valence-electron chi connectivity index (χ0n) is 13.7. The van der Waals surface area contributed by atoms with E-state index in [1.54, 1.807) is 24.3 Å². The van der Waals surface area contributed by atoms with E-state index in [4.69, 9.17) is 11.2 Å². The van der Waals surface area contributed by atoms with E-state index in [9.17, 15) is 18.4 Å². The summed E-state index contributed by atoms with van der Waals surface area (Å²) in [5.74, 6) is -0.256. The van der Waals surface area contributed by atoms with Gasteiger partial charge in [0.25, 0.3) is 5.91 Å². The summed E-state index contributed by atoms with van der Waals surface area (Å²) in [7, 11) is 0. The lowest BCUT2D eigenvalue weighted by molar-refractivity contribution is -0.116. The van der Waals surface area contributed by atoms with Crippen molar-refractivity contribution in [2.75, 3.05) is 18.5 Å². The average molecular weight is 358 g/mol. The van der Waals surface area contributed by atoms with Gasteiger partial charge in [-0.25, -0.2) is 8.78 Å². The summed E-state index contributed by atoms with van der Waals surface area (Å²) >= 11 is 0. The summed E-state index contributed by atoms with van der Waals surface area (Å²) in [4.78, 5) is 24.0. The molecule has 0 radical (unpaired) electrons. The van der Waals surface area contributed by atoms with Gasteiger partial charge in [0, 0.05) is 6.07 Å². The molecular weight excluding hydrogens is 342 g/mol. The van der Waals surface area contributed by atoms with E-state index in [1.165, 1.54) is 0 Å². The van der Waals surface area contributed by atoms with Crippen LogP contribution in [0.5, 0.6) is 5.75 Å². The molecule has 5 nitrogen and oxygen atoms in total. The van der Waals surface area contributed by atoms with Crippen molar-refractivity contribution in [2.24, 2.45) is 0 Å². The van der Waals surface area contributed by atoms with Crippen LogP contribution in [0.2, 0.25) is 0 Å². The lowest BCUT2D eigenvalue weighted by Gasteiger charge is -2.11. The van der Waals surface area contributed by atoms with Crippen molar-refractivity contribution in [1.82, 2.24) is 5.32 Å². The summed E-state index contributed by atoms with van der Waals surface area (Å²) in [6, 6.07) is 9.34. The Balaban J connectivity index is 1.92. The summed E-state index contributed by atoms with van der Waals surface area (Å²) < 4.78 is 31.4. The normalized spacial score (nSPS) is 9.88. The fourth-order valence-corrected chi connectivity index (χ4v) is 2.08. The third kappa shape index (κ3) is 5.31. The van der Waals surface area contributed by atoms with Gasteiger partial charge in [0.2, 0.25) is 5.91 Å². The number of anilines is 1. The fourth-order valence-electron chi connectivity index (χ4n) is 2.08. The first-order chi connectivity index (χ1) is 12.5. The molecule has 0 bridgehead atoms. The molecule has 0 fully saturated rings. The lowest BCUT2D eigenvalue weighted by atomic mass is 10.1. The van der Waals surface area contributed by atoms with E-state index >= 15 is 0 Å². The standard InChI is InChI=1S/C19H16F2N2O3/c1-2-10-22-19(25)14-5-3-4-6-16(14)23-18(24)9-11-26-17-8-7-13(20)12-15(17)21/h1,3-8,12H,9-11H2,(H,22,25)(H,23,24). The van der Waals surface area contributed by atoms with Crippen molar-refractivity contribution in [2.45, 2.75) is 6.42 Å². The molecule has 0 aliphatic carbocycles. The molecule has 0 atom stereocenters. The van der Waals surface area contributed by atoms with Crippen LogP contribution >= 0.6 is 0 Å². The topological polar surface area (TPSA) is 67.4 Å². The molecule has 2 amide bonds. The van der Waals surface area contributed by atoms with Crippen LogP contribution in [0.1, 0.15) is 16.8 Å². The Morgan fingerprint density at radius 1 is 1.15 bits per heavy atom. The maximum absolute atomic E-state index is 13.4. The number of halogens is 2. The molecule has 0 saturated carbocycles. The van der Waals surface area contributed by atoms with Gasteiger partial charge in [-0.2, -0.15) is 0 Å². The largest absolute Gasteiger partial charge is 0.490 e. The van der Waals surface area contributed by atoms with E-state index < -0.39 is 23.4 Å². The second-order valence-corrected chi connectivity index (χ2v) is 5.15. The molecule has 0 unspecified atom stereocenters. The van der Waals surface area contributed by atoms with Crippen LogP contribution in [0, 0.1) is 24.0 Å². The smallest absolute Gasteiger partial charge is 0.254 e. The number of nitrogens with one attached hydrogen (secondary N) is 2. The molecule has 0 saturated heterocycles. The highest BCUT2D eigenvalue weighted by molar-refractivity contribution is 6.03. The van der Waals surface area contributed by atoms with Crippen LogP contribution in [-0.4, -0.2) is 25.0 Å². The number of rotatable bonds is 7.